The number of allylic oxidation sites excluding steroid dienone is 1. The fourth-order valence-electron chi connectivity index (χ4n) is 1.45. The van der Waals surface area contributed by atoms with Crippen molar-refractivity contribution in [3.8, 4) is 0 Å². The Kier molecular flexibility index (Phi) is 6.07. The normalized spacial score (nSPS) is 18.6. The minimum absolute atomic E-state index is 0.601. The summed E-state index contributed by atoms with van der Waals surface area (Å²) in [5.74, 6) is 0. The van der Waals surface area contributed by atoms with E-state index < -0.39 is 8.07 Å². The van der Waals surface area contributed by atoms with Crippen LogP contribution in [0, 0.1) is 0 Å². The van der Waals surface area contributed by atoms with Gasteiger partial charge in [-0.25, -0.2) is 0 Å². The fourth-order valence-corrected chi connectivity index (χ4v) is 2.50. The molecule has 0 bridgehead atoms. The Balaban J connectivity index is 4.55. The molecule has 0 saturated carbocycles. The molecule has 0 aliphatic carbocycles. The Labute approximate surface area is 100 Å². The van der Waals surface area contributed by atoms with Crippen molar-refractivity contribution >= 4 is 18.3 Å². The van der Waals surface area contributed by atoms with E-state index in [9.17, 15) is 0 Å². The van der Waals surface area contributed by atoms with Crippen molar-refractivity contribution in [1.29, 1.82) is 0 Å². The molecule has 1 N–H and O–H groups in total. The van der Waals surface area contributed by atoms with Crippen molar-refractivity contribution in [1.82, 2.24) is 5.32 Å². The van der Waals surface area contributed by atoms with E-state index in [1.54, 1.807) is 10.8 Å². The molecule has 0 rings (SSSR count). The summed E-state index contributed by atoms with van der Waals surface area (Å²) >= 11 is 0. The summed E-state index contributed by atoms with van der Waals surface area (Å²) in [5.41, 5.74) is 2.27. The quantitative estimate of drug-likeness (QED) is 0.731. The van der Waals surface area contributed by atoms with Crippen molar-refractivity contribution in [2.75, 3.05) is 0 Å². The van der Waals surface area contributed by atoms with Crippen LogP contribution in [0.1, 0.15) is 34.1 Å². The molecule has 15 heavy (non-hydrogen) atoms. The first-order chi connectivity index (χ1) is 6.70. The molecule has 0 aliphatic heterocycles. The van der Waals surface area contributed by atoms with E-state index in [4.69, 9.17) is 0 Å². The summed E-state index contributed by atoms with van der Waals surface area (Å²) in [5, 5.41) is 5.41. The topological polar surface area (TPSA) is 12.0 Å². The molecule has 2 atom stereocenters. The van der Waals surface area contributed by atoms with Gasteiger partial charge in [0.2, 0.25) is 0 Å². The summed E-state index contributed by atoms with van der Waals surface area (Å²) in [6, 6.07) is 0.601. The first-order valence-corrected chi connectivity index (χ1v) is 10.7. The van der Waals surface area contributed by atoms with Gasteiger partial charge in [-0.15, -0.1) is 0 Å². The summed E-state index contributed by atoms with van der Waals surface area (Å²) in [6.07, 6.45) is 1.21. The molecule has 0 spiro atoms. The predicted octanol–water partition coefficient (Wildman–Crippen LogP) is 2.28. The smallest absolute Gasteiger partial charge is 0.0631 e. The molecule has 0 radical (unpaired) electrons. The van der Waals surface area contributed by atoms with Gasteiger partial charge in [-0.1, -0.05) is 44.3 Å². The van der Waals surface area contributed by atoms with Gasteiger partial charge in [0, 0.05) is 16.3 Å². The van der Waals surface area contributed by atoms with Gasteiger partial charge in [0.05, 0.1) is 8.07 Å². The Hall–Kier alpha value is 0.134. The van der Waals surface area contributed by atoms with Gasteiger partial charge in [-0.2, -0.15) is 0 Å². The van der Waals surface area contributed by atoms with Gasteiger partial charge < -0.3 is 5.32 Å². The highest BCUT2D eigenvalue weighted by Gasteiger charge is 2.24. The molecule has 0 aliphatic rings. The van der Waals surface area contributed by atoms with Crippen LogP contribution in [-0.2, 0) is 0 Å². The number of rotatable bonds is 5. The third kappa shape index (κ3) is 5.13. The van der Waals surface area contributed by atoms with Gasteiger partial charge in [-0.05, 0) is 25.9 Å². The van der Waals surface area contributed by atoms with Crippen LogP contribution in [0.2, 0.25) is 19.6 Å². The number of hydrogen-bond donors (Lipinski definition) is 1. The Morgan fingerprint density at radius 2 is 1.73 bits per heavy atom. The maximum atomic E-state index is 3.81. The van der Waals surface area contributed by atoms with E-state index in [-0.39, 0.29) is 0 Å². The SMILES string of the molecule is CCC(NC(C)[Si](C)(C)C)C(C)=C(C)[SiH3]. The van der Waals surface area contributed by atoms with E-state index in [0.717, 1.165) is 0 Å². The maximum Gasteiger partial charge on any atom is 0.0631 e. The molecule has 3 heteroatoms. The Morgan fingerprint density at radius 1 is 1.27 bits per heavy atom. The van der Waals surface area contributed by atoms with Crippen LogP contribution < -0.4 is 5.32 Å². The van der Waals surface area contributed by atoms with Gasteiger partial charge in [0.1, 0.15) is 0 Å². The van der Waals surface area contributed by atoms with Gasteiger partial charge in [0.25, 0.3) is 0 Å². The summed E-state index contributed by atoms with van der Waals surface area (Å²) in [7, 11) is 0.153. The van der Waals surface area contributed by atoms with Crippen LogP contribution in [0.4, 0.5) is 0 Å². The lowest BCUT2D eigenvalue weighted by atomic mass is 10.1. The van der Waals surface area contributed by atoms with E-state index in [1.807, 2.05) is 0 Å². The second kappa shape index (κ2) is 6.01. The molecule has 2 unspecified atom stereocenters. The average Bonchev–Trinajstić information content (AvgIpc) is 2.10. The molecule has 0 amide bonds. The third-order valence-electron chi connectivity index (χ3n) is 3.47. The molecular weight excluding hydrogens is 214 g/mol. The molecular formula is C12H29NSi2. The standard InChI is InChI=1S/C12H29NSi2/c1-8-12(9(2)10(3)14)13-11(4)15(5,6)7/h11-13H,8H2,1-7,14H3. The fraction of sp³-hybridized carbons (Fsp3) is 0.833. The lowest BCUT2D eigenvalue weighted by Crippen LogP contribution is -2.50. The summed E-state index contributed by atoms with van der Waals surface area (Å²) in [4.78, 5) is 0. The molecule has 90 valence electrons. The largest absolute Gasteiger partial charge is 0.310 e. The number of nitrogens with one attached hydrogen (secondary N) is 1. The molecule has 0 aromatic carbocycles. The Morgan fingerprint density at radius 3 is 2.00 bits per heavy atom. The molecule has 0 heterocycles. The zero-order valence-corrected chi connectivity index (χ0v) is 14.9. The van der Waals surface area contributed by atoms with E-state index >= 15 is 0 Å². The first kappa shape index (κ1) is 15.1. The van der Waals surface area contributed by atoms with Gasteiger partial charge in [0.15, 0.2) is 0 Å². The van der Waals surface area contributed by atoms with Crippen LogP contribution in [0.5, 0.6) is 0 Å². The maximum absolute atomic E-state index is 3.81. The third-order valence-corrected chi connectivity index (χ3v) is 7.02. The van der Waals surface area contributed by atoms with Crippen LogP contribution in [0.3, 0.4) is 0 Å². The van der Waals surface area contributed by atoms with Crippen molar-refractivity contribution < 1.29 is 0 Å². The van der Waals surface area contributed by atoms with Crippen LogP contribution in [0.15, 0.2) is 10.8 Å². The summed E-state index contributed by atoms with van der Waals surface area (Å²) < 4.78 is 0. The predicted molar refractivity (Wildman–Crippen MR) is 78.3 cm³/mol. The molecule has 0 aromatic rings. The van der Waals surface area contributed by atoms with Crippen molar-refractivity contribution in [3.05, 3.63) is 10.8 Å². The zero-order chi connectivity index (χ0) is 12.2. The Bertz CT molecular complexity index is 224. The van der Waals surface area contributed by atoms with Crippen LogP contribution >= 0.6 is 0 Å². The van der Waals surface area contributed by atoms with Crippen molar-refractivity contribution in [2.24, 2.45) is 0 Å². The van der Waals surface area contributed by atoms with Gasteiger partial charge >= 0.3 is 0 Å². The van der Waals surface area contributed by atoms with Crippen LogP contribution in [-0.4, -0.2) is 30.0 Å². The van der Waals surface area contributed by atoms with E-state index in [1.165, 1.54) is 16.7 Å². The molecule has 0 aromatic heterocycles. The van der Waals surface area contributed by atoms with Crippen LogP contribution in [0.25, 0.3) is 0 Å². The lowest BCUT2D eigenvalue weighted by molar-refractivity contribution is 0.536. The van der Waals surface area contributed by atoms with Gasteiger partial charge in [-0.3, -0.25) is 0 Å². The monoisotopic (exact) mass is 243 g/mol. The minimum atomic E-state index is -1.04. The highest BCUT2D eigenvalue weighted by molar-refractivity contribution is 6.77. The van der Waals surface area contributed by atoms with Crippen molar-refractivity contribution in [2.45, 2.75) is 65.5 Å². The highest BCUT2D eigenvalue weighted by atomic mass is 28.3. The summed E-state index contributed by atoms with van der Waals surface area (Å²) in [6.45, 7) is 16.5. The molecule has 0 fully saturated rings. The van der Waals surface area contributed by atoms with Crippen molar-refractivity contribution in [3.63, 3.8) is 0 Å². The molecule has 1 nitrogen and oxygen atoms in total. The minimum Gasteiger partial charge on any atom is -0.310 e. The highest BCUT2D eigenvalue weighted by Crippen LogP contribution is 2.14. The average molecular weight is 244 g/mol. The lowest BCUT2D eigenvalue weighted by Gasteiger charge is -2.31. The number of hydrogen-bond acceptors (Lipinski definition) is 1. The second-order valence-electron chi connectivity index (χ2n) is 5.90. The van der Waals surface area contributed by atoms with E-state index in [0.29, 0.717) is 11.7 Å². The first-order valence-electron chi connectivity index (χ1n) is 6.10. The second-order valence-corrected chi connectivity index (χ2v) is 13.0. The molecule has 0 saturated heterocycles. The van der Waals surface area contributed by atoms with E-state index in [2.05, 4.69) is 52.7 Å². The zero-order valence-electron chi connectivity index (χ0n) is 11.9.